The number of hydrogen-bond donors (Lipinski definition) is 1. The number of carbonyl (C=O) groups is 1. The normalized spacial score (nSPS) is 16.0. The summed E-state index contributed by atoms with van der Waals surface area (Å²) in [5.41, 5.74) is 1.45. The van der Waals surface area contributed by atoms with Gasteiger partial charge in [-0.3, -0.25) is 9.48 Å². The average Bonchev–Trinajstić information content (AvgIpc) is 3.04. The first-order valence-electron chi connectivity index (χ1n) is 7.60. The molecule has 0 aliphatic heterocycles. The van der Waals surface area contributed by atoms with Crippen LogP contribution in [0.5, 0.6) is 0 Å². The van der Waals surface area contributed by atoms with Gasteiger partial charge >= 0.3 is 0 Å². The molecule has 2 aromatic rings. The molecule has 1 N–H and O–H groups in total. The summed E-state index contributed by atoms with van der Waals surface area (Å²) in [7, 11) is 1.85. The molecule has 0 saturated heterocycles. The van der Waals surface area contributed by atoms with Gasteiger partial charge < -0.3 is 5.32 Å². The van der Waals surface area contributed by atoms with Gasteiger partial charge in [0, 0.05) is 12.7 Å². The monoisotopic (exact) mass is 303 g/mol. The van der Waals surface area contributed by atoms with E-state index >= 15 is 0 Å². The van der Waals surface area contributed by atoms with Crippen LogP contribution in [0.4, 0.5) is 0 Å². The zero-order valence-corrected chi connectivity index (χ0v) is 13.3. The Labute approximate surface area is 128 Å². The third-order valence-corrected chi connectivity index (χ3v) is 3.89. The fourth-order valence-electron chi connectivity index (χ4n) is 2.53. The van der Waals surface area contributed by atoms with Gasteiger partial charge in [-0.1, -0.05) is 13.8 Å². The predicted molar refractivity (Wildman–Crippen MR) is 79.3 cm³/mol. The van der Waals surface area contributed by atoms with Crippen molar-refractivity contribution in [1.29, 1.82) is 0 Å². The second-order valence-corrected chi connectivity index (χ2v) is 6.14. The lowest BCUT2D eigenvalue weighted by Crippen LogP contribution is -2.29. The van der Waals surface area contributed by atoms with Crippen LogP contribution >= 0.6 is 0 Å². The topological polar surface area (TPSA) is 90.5 Å². The summed E-state index contributed by atoms with van der Waals surface area (Å²) >= 11 is 0. The Morgan fingerprint density at radius 2 is 2.09 bits per heavy atom. The number of carbonyl (C=O) groups excluding carboxylic acids is 1. The van der Waals surface area contributed by atoms with Gasteiger partial charge in [0.2, 0.25) is 0 Å². The Balaban J connectivity index is 1.73. The summed E-state index contributed by atoms with van der Waals surface area (Å²) in [5, 5.41) is 19.0. The highest BCUT2D eigenvalue weighted by atomic mass is 16.2. The van der Waals surface area contributed by atoms with Crippen molar-refractivity contribution in [2.45, 2.75) is 51.6 Å². The van der Waals surface area contributed by atoms with E-state index in [1.54, 1.807) is 4.68 Å². The Hall–Kier alpha value is -2.25. The second-order valence-electron chi connectivity index (χ2n) is 6.14. The molecule has 22 heavy (non-hydrogen) atoms. The minimum atomic E-state index is -0.257. The van der Waals surface area contributed by atoms with Crippen LogP contribution in [0.25, 0.3) is 0 Å². The molecule has 2 aromatic heterocycles. The highest BCUT2D eigenvalue weighted by Gasteiger charge is 2.30. The van der Waals surface area contributed by atoms with Crippen LogP contribution in [0.15, 0.2) is 6.07 Å². The lowest BCUT2D eigenvalue weighted by atomic mass is 10.1. The van der Waals surface area contributed by atoms with Crippen molar-refractivity contribution in [3.8, 4) is 0 Å². The van der Waals surface area contributed by atoms with E-state index in [-0.39, 0.29) is 11.9 Å². The van der Waals surface area contributed by atoms with Crippen LogP contribution in [-0.2, 0) is 7.05 Å². The summed E-state index contributed by atoms with van der Waals surface area (Å²) in [5.74, 6) is 0.801. The first-order chi connectivity index (χ1) is 10.5. The summed E-state index contributed by atoms with van der Waals surface area (Å²) in [6.45, 7) is 6.03. The maximum absolute atomic E-state index is 12.4. The van der Waals surface area contributed by atoms with Gasteiger partial charge in [0.05, 0.1) is 12.1 Å². The summed E-state index contributed by atoms with van der Waals surface area (Å²) in [6.07, 6.45) is 2.19. The maximum atomic E-state index is 12.4. The molecule has 0 radical (unpaired) electrons. The van der Waals surface area contributed by atoms with Crippen LogP contribution < -0.4 is 5.32 Å². The molecule has 118 valence electrons. The van der Waals surface area contributed by atoms with Crippen LogP contribution in [0.3, 0.4) is 0 Å². The van der Waals surface area contributed by atoms with Gasteiger partial charge in [-0.05, 0) is 42.2 Å². The fraction of sp³-hybridized carbons (Fsp3) is 0.643. The summed E-state index contributed by atoms with van der Waals surface area (Å²) in [6, 6.07) is 1.95. The third kappa shape index (κ3) is 2.72. The van der Waals surface area contributed by atoms with Crippen LogP contribution in [-0.4, -0.2) is 35.9 Å². The molecule has 1 fully saturated rings. The highest BCUT2D eigenvalue weighted by molar-refractivity contribution is 5.92. The quantitative estimate of drug-likeness (QED) is 0.900. The Bertz CT molecular complexity index is 683. The van der Waals surface area contributed by atoms with Crippen molar-refractivity contribution < 1.29 is 4.79 Å². The standard InChI is InChI=1S/C14H21N7O/c1-8(2)12-7-11(17-20(12)4)14(22)15-9(3)13-16-18-19-21(13)10-5-6-10/h7-10H,5-6H2,1-4H3,(H,15,22)/t9-/m1/s1. The molecular weight excluding hydrogens is 282 g/mol. The molecule has 1 amide bonds. The lowest BCUT2D eigenvalue weighted by Gasteiger charge is -2.12. The van der Waals surface area contributed by atoms with Gasteiger partial charge in [0.15, 0.2) is 5.82 Å². The number of aromatic nitrogens is 6. The van der Waals surface area contributed by atoms with E-state index < -0.39 is 0 Å². The van der Waals surface area contributed by atoms with Crippen molar-refractivity contribution in [3.05, 3.63) is 23.3 Å². The second kappa shape index (κ2) is 5.51. The van der Waals surface area contributed by atoms with Gasteiger partial charge in [-0.15, -0.1) is 5.10 Å². The molecule has 8 nitrogen and oxygen atoms in total. The van der Waals surface area contributed by atoms with E-state index in [1.807, 2.05) is 24.7 Å². The van der Waals surface area contributed by atoms with E-state index in [2.05, 4.69) is 39.8 Å². The Morgan fingerprint density at radius 3 is 2.68 bits per heavy atom. The molecule has 0 spiro atoms. The number of tetrazole rings is 1. The van der Waals surface area contributed by atoms with Gasteiger partial charge in [-0.25, -0.2) is 4.68 Å². The van der Waals surface area contributed by atoms with Crippen molar-refractivity contribution in [2.75, 3.05) is 0 Å². The number of amides is 1. The minimum Gasteiger partial charge on any atom is -0.341 e. The summed E-state index contributed by atoms with van der Waals surface area (Å²) in [4.78, 5) is 12.4. The van der Waals surface area contributed by atoms with E-state index in [0.29, 0.717) is 23.5 Å². The molecule has 8 heteroatoms. The fourth-order valence-corrected chi connectivity index (χ4v) is 2.53. The molecule has 0 bridgehead atoms. The summed E-state index contributed by atoms with van der Waals surface area (Å²) < 4.78 is 3.56. The number of nitrogens with one attached hydrogen (secondary N) is 1. The molecule has 1 atom stereocenters. The SMILES string of the molecule is CC(C)c1cc(C(=O)N[C@H](C)c2nnnn2C2CC2)nn1C. The first-order valence-corrected chi connectivity index (χ1v) is 7.60. The maximum Gasteiger partial charge on any atom is 0.272 e. The van der Waals surface area contributed by atoms with Gasteiger partial charge in [0.1, 0.15) is 5.69 Å². The van der Waals surface area contributed by atoms with Gasteiger partial charge in [-0.2, -0.15) is 5.10 Å². The Kier molecular flexibility index (Phi) is 3.67. The van der Waals surface area contributed by atoms with Crippen molar-refractivity contribution in [3.63, 3.8) is 0 Å². The first kappa shape index (κ1) is 14.7. The largest absolute Gasteiger partial charge is 0.341 e. The molecule has 2 heterocycles. The molecular formula is C14H21N7O. The number of nitrogens with zero attached hydrogens (tertiary/aromatic N) is 6. The van der Waals surface area contributed by atoms with Crippen molar-refractivity contribution in [1.82, 2.24) is 35.3 Å². The van der Waals surface area contributed by atoms with E-state index in [9.17, 15) is 4.79 Å². The zero-order valence-electron chi connectivity index (χ0n) is 13.3. The predicted octanol–water partition coefficient (Wildman–Crippen LogP) is 1.36. The van der Waals surface area contributed by atoms with E-state index in [0.717, 1.165) is 18.5 Å². The zero-order chi connectivity index (χ0) is 15.9. The molecule has 3 rings (SSSR count). The number of aryl methyl sites for hydroxylation is 1. The molecule has 1 aliphatic carbocycles. The average molecular weight is 303 g/mol. The van der Waals surface area contributed by atoms with Gasteiger partial charge in [0.25, 0.3) is 5.91 Å². The van der Waals surface area contributed by atoms with Crippen LogP contribution in [0.1, 0.15) is 73.6 Å². The molecule has 1 aliphatic rings. The van der Waals surface area contributed by atoms with Crippen LogP contribution in [0, 0.1) is 0 Å². The van der Waals surface area contributed by atoms with Crippen molar-refractivity contribution in [2.24, 2.45) is 7.05 Å². The highest BCUT2D eigenvalue weighted by Crippen LogP contribution is 2.35. The van der Waals surface area contributed by atoms with E-state index in [4.69, 9.17) is 0 Å². The molecule has 1 saturated carbocycles. The minimum absolute atomic E-state index is 0.208. The van der Waals surface area contributed by atoms with Crippen LogP contribution in [0.2, 0.25) is 0 Å². The third-order valence-electron chi connectivity index (χ3n) is 3.89. The van der Waals surface area contributed by atoms with Crippen molar-refractivity contribution >= 4 is 5.91 Å². The number of rotatable bonds is 5. The number of hydrogen-bond acceptors (Lipinski definition) is 5. The molecule has 0 unspecified atom stereocenters. The molecule has 0 aromatic carbocycles. The lowest BCUT2D eigenvalue weighted by molar-refractivity contribution is 0.0931. The Morgan fingerprint density at radius 1 is 1.36 bits per heavy atom. The van der Waals surface area contributed by atoms with E-state index in [1.165, 1.54) is 0 Å². The smallest absolute Gasteiger partial charge is 0.272 e.